The molecular weight excluding hydrogens is 467 g/mol. The Morgan fingerprint density at radius 2 is 1.91 bits per heavy atom. The van der Waals surface area contributed by atoms with Gasteiger partial charge in [0, 0.05) is 24.1 Å². The summed E-state index contributed by atoms with van der Waals surface area (Å²) in [5.41, 5.74) is 5.59. The highest BCUT2D eigenvalue weighted by molar-refractivity contribution is 7.92. The van der Waals surface area contributed by atoms with Gasteiger partial charge in [-0.3, -0.25) is 9.10 Å². The molecule has 2 aromatic carbocycles. The van der Waals surface area contributed by atoms with Crippen LogP contribution in [0.3, 0.4) is 0 Å². The van der Waals surface area contributed by atoms with Crippen molar-refractivity contribution in [2.24, 2.45) is 5.73 Å². The number of fused-ring (bicyclic) bond motifs is 3. The van der Waals surface area contributed by atoms with Crippen LogP contribution in [0.1, 0.15) is 6.42 Å². The lowest BCUT2D eigenvalue weighted by atomic mass is 10.1. The minimum absolute atomic E-state index is 0.00489. The maximum absolute atomic E-state index is 13.3. The number of nitrogens with one attached hydrogen (secondary N) is 2. The number of hydrogen-bond acceptors (Lipinski definition) is 7. The number of sulfonamides is 1. The lowest BCUT2D eigenvalue weighted by Crippen LogP contribution is -2.26. The van der Waals surface area contributed by atoms with E-state index in [-0.39, 0.29) is 33.8 Å². The highest BCUT2D eigenvalue weighted by Gasteiger charge is 2.24. The summed E-state index contributed by atoms with van der Waals surface area (Å²) in [6.07, 6.45) is 0.784. The standard InChI is InChI=1S/C22H21FN4O6S/c1-27(14-5-3-13(23)4-6-14)34(30,31)15-7-8-17-16(11-15)19-18(12-25-20(19)21(28)26-17)33-22(29)32-10-2-9-24/h3-8,11-12,25H,2,9-10,24H2,1H3,(H,26,28). The molecule has 10 nitrogen and oxygen atoms in total. The topological polar surface area (TPSA) is 148 Å². The van der Waals surface area contributed by atoms with Gasteiger partial charge in [0.25, 0.3) is 15.6 Å². The SMILES string of the molecule is CN(c1ccc(F)cc1)S(=O)(=O)c1ccc2[nH]c(=O)c3[nH]cc(OC(=O)OCCCN)c3c2c1. The number of carbonyl (C=O) groups is 1. The number of pyridine rings is 1. The second kappa shape index (κ2) is 9.15. The summed E-state index contributed by atoms with van der Waals surface area (Å²) in [5.74, 6) is -0.488. The van der Waals surface area contributed by atoms with Crippen LogP contribution in [0.25, 0.3) is 21.8 Å². The van der Waals surface area contributed by atoms with Gasteiger partial charge in [-0.15, -0.1) is 0 Å². The quantitative estimate of drug-likeness (QED) is 0.268. The van der Waals surface area contributed by atoms with Gasteiger partial charge >= 0.3 is 6.16 Å². The summed E-state index contributed by atoms with van der Waals surface area (Å²) < 4.78 is 51.0. The smallest absolute Gasteiger partial charge is 0.434 e. The number of halogens is 1. The van der Waals surface area contributed by atoms with Gasteiger partial charge in [-0.1, -0.05) is 0 Å². The summed E-state index contributed by atoms with van der Waals surface area (Å²) in [6.45, 7) is 0.404. The van der Waals surface area contributed by atoms with E-state index in [2.05, 4.69) is 9.97 Å². The molecule has 0 saturated heterocycles. The number of carbonyl (C=O) groups excluding carboxylic acids is 1. The first-order valence-corrected chi connectivity index (χ1v) is 11.6. The molecule has 2 heterocycles. The summed E-state index contributed by atoms with van der Waals surface area (Å²) in [5, 5.41) is 0.546. The van der Waals surface area contributed by atoms with Crippen molar-refractivity contribution >= 4 is 43.7 Å². The Labute approximate surface area is 193 Å². The second-order valence-corrected chi connectivity index (χ2v) is 9.33. The highest BCUT2D eigenvalue weighted by atomic mass is 32.2. The van der Waals surface area contributed by atoms with Crippen molar-refractivity contribution in [2.75, 3.05) is 24.5 Å². The van der Waals surface area contributed by atoms with Crippen LogP contribution in [-0.4, -0.2) is 44.7 Å². The van der Waals surface area contributed by atoms with E-state index >= 15 is 0 Å². The molecule has 0 atom stereocenters. The van der Waals surface area contributed by atoms with Crippen molar-refractivity contribution in [1.29, 1.82) is 0 Å². The number of benzene rings is 2. The molecule has 178 valence electrons. The van der Waals surface area contributed by atoms with E-state index in [0.29, 0.717) is 23.9 Å². The molecule has 4 rings (SSSR count). The summed E-state index contributed by atoms with van der Waals surface area (Å²) in [7, 11) is -2.70. The van der Waals surface area contributed by atoms with E-state index in [9.17, 15) is 22.4 Å². The molecule has 0 unspecified atom stereocenters. The Hall–Kier alpha value is -3.90. The number of aromatic amines is 2. The van der Waals surface area contributed by atoms with Crippen molar-refractivity contribution in [3.05, 3.63) is 64.8 Å². The number of rotatable bonds is 7. The third-order valence-corrected chi connectivity index (χ3v) is 6.97. The lowest BCUT2D eigenvalue weighted by Gasteiger charge is -2.20. The van der Waals surface area contributed by atoms with Crippen LogP contribution < -0.4 is 20.3 Å². The van der Waals surface area contributed by atoms with Crippen LogP contribution in [0.4, 0.5) is 14.9 Å². The van der Waals surface area contributed by atoms with E-state index in [0.717, 1.165) is 16.4 Å². The minimum Gasteiger partial charge on any atom is -0.434 e. The third kappa shape index (κ3) is 4.32. The lowest BCUT2D eigenvalue weighted by molar-refractivity contribution is 0.0991. The molecule has 0 aliphatic heterocycles. The molecule has 12 heteroatoms. The zero-order chi connectivity index (χ0) is 24.5. The first-order valence-electron chi connectivity index (χ1n) is 10.2. The number of anilines is 1. The van der Waals surface area contributed by atoms with Crippen molar-refractivity contribution in [3.8, 4) is 5.75 Å². The van der Waals surface area contributed by atoms with E-state index in [1.165, 1.54) is 43.6 Å². The maximum atomic E-state index is 13.3. The third-order valence-electron chi connectivity index (χ3n) is 5.19. The predicted octanol–water partition coefficient (Wildman–Crippen LogP) is 2.84. The number of hydrogen-bond donors (Lipinski definition) is 3. The molecule has 0 amide bonds. The van der Waals surface area contributed by atoms with Crippen LogP contribution in [0.5, 0.6) is 5.75 Å². The average molecular weight is 488 g/mol. The van der Waals surface area contributed by atoms with Gasteiger partial charge in [-0.05, 0) is 55.4 Å². The fraction of sp³-hybridized carbons (Fsp3) is 0.182. The highest BCUT2D eigenvalue weighted by Crippen LogP contribution is 2.33. The van der Waals surface area contributed by atoms with Crippen molar-refractivity contribution in [2.45, 2.75) is 11.3 Å². The average Bonchev–Trinajstić information content (AvgIpc) is 3.23. The molecule has 0 bridgehead atoms. The molecule has 0 aliphatic rings. The van der Waals surface area contributed by atoms with Crippen LogP contribution in [0.2, 0.25) is 0 Å². The zero-order valence-corrected chi connectivity index (χ0v) is 18.8. The van der Waals surface area contributed by atoms with Crippen LogP contribution in [0, 0.1) is 5.82 Å². The second-order valence-electron chi connectivity index (χ2n) is 7.36. The molecule has 34 heavy (non-hydrogen) atoms. The molecule has 4 aromatic rings. The van der Waals surface area contributed by atoms with E-state index in [1.807, 2.05) is 0 Å². The minimum atomic E-state index is -4.04. The van der Waals surface area contributed by atoms with Crippen LogP contribution in [-0.2, 0) is 14.8 Å². The van der Waals surface area contributed by atoms with E-state index < -0.39 is 27.6 Å². The Morgan fingerprint density at radius 3 is 2.62 bits per heavy atom. The molecule has 0 radical (unpaired) electrons. The number of H-pyrrole nitrogens is 2. The van der Waals surface area contributed by atoms with Crippen LogP contribution in [0.15, 0.2) is 58.4 Å². The molecule has 0 saturated carbocycles. The summed E-state index contributed by atoms with van der Waals surface area (Å²) >= 11 is 0. The molecule has 0 aliphatic carbocycles. The molecular formula is C22H21FN4O6S. The predicted molar refractivity (Wildman–Crippen MR) is 124 cm³/mol. The first kappa shape index (κ1) is 23.3. The Bertz CT molecular complexity index is 1530. The number of nitrogens with zero attached hydrogens (tertiary/aromatic N) is 1. The largest absolute Gasteiger partial charge is 0.513 e. The Kier molecular flexibility index (Phi) is 6.26. The Balaban J connectivity index is 1.79. The summed E-state index contributed by atoms with van der Waals surface area (Å²) in [6, 6.07) is 9.16. The molecule has 2 aromatic heterocycles. The maximum Gasteiger partial charge on any atom is 0.513 e. The molecule has 4 N–H and O–H groups in total. The van der Waals surface area contributed by atoms with Gasteiger partial charge in [0.05, 0.1) is 22.6 Å². The van der Waals surface area contributed by atoms with E-state index in [1.54, 1.807) is 0 Å². The van der Waals surface area contributed by atoms with Gasteiger partial charge in [0.1, 0.15) is 11.3 Å². The van der Waals surface area contributed by atoms with Crippen molar-refractivity contribution in [1.82, 2.24) is 9.97 Å². The normalized spacial score (nSPS) is 11.6. The number of nitrogens with two attached hydrogens (primary N) is 1. The van der Waals surface area contributed by atoms with Gasteiger partial charge in [-0.25, -0.2) is 17.6 Å². The van der Waals surface area contributed by atoms with Gasteiger partial charge < -0.3 is 25.2 Å². The number of aromatic nitrogens is 2. The fourth-order valence-electron chi connectivity index (χ4n) is 3.42. The Morgan fingerprint density at radius 1 is 1.18 bits per heavy atom. The van der Waals surface area contributed by atoms with Gasteiger partial charge in [0.2, 0.25) is 0 Å². The van der Waals surface area contributed by atoms with E-state index in [4.69, 9.17) is 15.2 Å². The van der Waals surface area contributed by atoms with Gasteiger partial charge in [0.15, 0.2) is 5.75 Å². The fourth-order valence-corrected chi connectivity index (χ4v) is 4.64. The molecule has 0 fully saturated rings. The van der Waals surface area contributed by atoms with Crippen molar-refractivity contribution in [3.63, 3.8) is 0 Å². The van der Waals surface area contributed by atoms with Crippen LogP contribution >= 0.6 is 0 Å². The molecule has 0 spiro atoms. The zero-order valence-electron chi connectivity index (χ0n) is 18.0. The van der Waals surface area contributed by atoms with Gasteiger partial charge in [-0.2, -0.15) is 0 Å². The first-order chi connectivity index (χ1) is 16.2. The monoisotopic (exact) mass is 488 g/mol. The number of ether oxygens (including phenoxy) is 2. The van der Waals surface area contributed by atoms with Crippen molar-refractivity contribution < 1.29 is 27.1 Å². The summed E-state index contributed by atoms with van der Waals surface area (Å²) in [4.78, 5) is 29.8.